The molecule has 0 saturated carbocycles. The molecule has 35 heavy (non-hydrogen) atoms. The van der Waals surface area contributed by atoms with Crippen LogP contribution in [0.3, 0.4) is 0 Å². The number of rotatable bonds is 8. The third-order valence-corrected chi connectivity index (χ3v) is 6.32. The van der Waals surface area contributed by atoms with Crippen molar-refractivity contribution in [2.75, 3.05) is 6.61 Å². The molecule has 0 saturated heterocycles. The third-order valence-electron chi connectivity index (χ3n) is 6.32. The molecule has 1 N–H and O–H groups in total. The topological polar surface area (TPSA) is 56.2 Å². The minimum atomic E-state index is -0.236. The molecule has 4 aromatic rings. The lowest BCUT2D eigenvalue weighted by Crippen LogP contribution is -2.29. The van der Waals surface area contributed by atoms with Crippen LogP contribution in [0.25, 0.3) is 11.0 Å². The number of carbonyl (C=O) groups excluding carboxylic acids is 1. The van der Waals surface area contributed by atoms with E-state index < -0.39 is 0 Å². The zero-order valence-corrected chi connectivity index (χ0v) is 21.3. The Balaban J connectivity index is 1.45. The maximum absolute atomic E-state index is 12.9. The molecule has 0 spiro atoms. The monoisotopic (exact) mass is 469 g/mol. The Morgan fingerprint density at radius 3 is 2.40 bits per heavy atom. The molecule has 1 heterocycles. The summed E-state index contributed by atoms with van der Waals surface area (Å²) < 4.78 is 8.22. The molecular formula is C30H35N3O2. The first-order valence-electron chi connectivity index (χ1n) is 12.3. The zero-order valence-electron chi connectivity index (χ0n) is 21.3. The molecule has 3 aromatic carbocycles. The Bertz CT molecular complexity index is 1300. The lowest BCUT2D eigenvalue weighted by atomic mass is 9.87. The summed E-state index contributed by atoms with van der Waals surface area (Å²) in [4.78, 5) is 17.8. The van der Waals surface area contributed by atoms with E-state index in [1.807, 2.05) is 68.4 Å². The number of imidazole rings is 1. The zero-order chi connectivity index (χ0) is 25.0. The fraction of sp³-hybridized carbons (Fsp3) is 0.333. The van der Waals surface area contributed by atoms with Crippen LogP contribution < -0.4 is 10.1 Å². The summed E-state index contributed by atoms with van der Waals surface area (Å²) in [5, 5.41) is 3.13. The summed E-state index contributed by atoms with van der Waals surface area (Å²) in [5.41, 5.74) is 5.06. The SMILES string of the molecule is Cc1ccccc1C(=O)NC(C)c1nc2ccccc2n1CCCOc1ccc(C(C)(C)C)cc1. The van der Waals surface area contributed by atoms with Crippen molar-refractivity contribution < 1.29 is 9.53 Å². The van der Waals surface area contributed by atoms with Crippen LogP contribution in [0, 0.1) is 6.92 Å². The van der Waals surface area contributed by atoms with E-state index in [0.29, 0.717) is 12.2 Å². The minimum absolute atomic E-state index is 0.0868. The summed E-state index contributed by atoms with van der Waals surface area (Å²) in [6.45, 7) is 11.9. The van der Waals surface area contributed by atoms with Crippen molar-refractivity contribution in [2.45, 2.75) is 59.0 Å². The van der Waals surface area contributed by atoms with Crippen LogP contribution in [0.15, 0.2) is 72.8 Å². The van der Waals surface area contributed by atoms with Crippen molar-refractivity contribution in [1.29, 1.82) is 0 Å². The summed E-state index contributed by atoms with van der Waals surface area (Å²) in [7, 11) is 0. The number of fused-ring (bicyclic) bond motifs is 1. The number of ether oxygens (including phenoxy) is 1. The first-order chi connectivity index (χ1) is 16.7. The average molecular weight is 470 g/mol. The van der Waals surface area contributed by atoms with Gasteiger partial charge in [0.2, 0.25) is 0 Å². The van der Waals surface area contributed by atoms with Crippen molar-refractivity contribution in [3.8, 4) is 5.75 Å². The number of nitrogens with one attached hydrogen (secondary N) is 1. The van der Waals surface area contributed by atoms with Crippen LogP contribution >= 0.6 is 0 Å². The van der Waals surface area contributed by atoms with Crippen molar-refractivity contribution in [1.82, 2.24) is 14.9 Å². The van der Waals surface area contributed by atoms with Gasteiger partial charge in [-0.2, -0.15) is 0 Å². The number of benzene rings is 3. The van der Waals surface area contributed by atoms with Crippen LogP contribution in [0.2, 0.25) is 0 Å². The molecule has 0 aliphatic rings. The number of hydrogen-bond donors (Lipinski definition) is 1. The minimum Gasteiger partial charge on any atom is -0.494 e. The molecule has 0 aliphatic carbocycles. The first-order valence-corrected chi connectivity index (χ1v) is 12.3. The highest BCUT2D eigenvalue weighted by Crippen LogP contribution is 2.25. The summed E-state index contributed by atoms with van der Waals surface area (Å²) in [5.74, 6) is 1.64. The number of amides is 1. The van der Waals surface area contributed by atoms with E-state index in [0.717, 1.165) is 41.1 Å². The van der Waals surface area contributed by atoms with Crippen molar-refractivity contribution in [3.05, 3.63) is 95.3 Å². The van der Waals surface area contributed by atoms with Gasteiger partial charge >= 0.3 is 0 Å². The van der Waals surface area contributed by atoms with Gasteiger partial charge in [0.25, 0.3) is 5.91 Å². The van der Waals surface area contributed by atoms with Gasteiger partial charge < -0.3 is 14.6 Å². The first kappa shape index (κ1) is 24.5. The van der Waals surface area contributed by atoms with Gasteiger partial charge in [0.05, 0.1) is 23.7 Å². The Morgan fingerprint density at radius 2 is 1.69 bits per heavy atom. The molecule has 5 nitrogen and oxygen atoms in total. The Kier molecular flexibility index (Phi) is 7.25. The average Bonchev–Trinajstić information content (AvgIpc) is 3.20. The van der Waals surface area contributed by atoms with Crippen molar-refractivity contribution in [3.63, 3.8) is 0 Å². The molecule has 4 rings (SSSR count). The van der Waals surface area contributed by atoms with Gasteiger partial charge in [0.1, 0.15) is 11.6 Å². The van der Waals surface area contributed by atoms with E-state index in [2.05, 4.69) is 48.9 Å². The normalized spacial score (nSPS) is 12.5. The van der Waals surface area contributed by atoms with Gasteiger partial charge in [-0.25, -0.2) is 4.98 Å². The molecule has 1 aromatic heterocycles. The predicted octanol–water partition coefficient (Wildman–Crippen LogP) is 6.60. The number of carbonyl (C=O) groups is 1. The third kappa shape index (κ3) is 5.73. The fourth-order valence-electron chi connectivity index (χ4n) is 4.29. The molecule has 5 heteroatoms. The molecule has 182 valence electrons. The van der Waals surface area contributed by atoms with E-state index in [1.165, 1.54) is 5.56 Å². The standard InChI is InChI=1S/C30H35N3O2/c1-21-11-6-7-12-25(21)29(34)31-22(2)28-32-26-13-8-9-14-27(26)33(28)19-10-20-35-24-17-15-23(16-18-24)30(3,4)5/h6-9,11-18,22H,10,19-20H2,1-5H3,(H,31,34). The van der Waals surface area contributed by atoms with Crippen LogP contribution in [-0.2, 0) is 12.0 Å². The largest absolute Gasteiger partial charge is 0.494 e. The molecular weight excluding hydrogens is 434 g/mol. The molecule has 0 bridgehead atoms. The number of aromatic nitrogens is 2. The van der Waals surface area contributed by atoms with Gasteiger partial charge in [-0.05, 0) is 67.1 Å². The summed E-state index contributed by atoms with van der Waals surface area (Å²) in [6.07, 6.45) is 0.826. The van der Waals surface area contributed by atoms with Crippen LogP contribution in [0.4, 0.5) is 0 Å². The van der Waals surface area contributed by atoms with E-state index in [-0.39, 0.29) is 17.4 Å². The van der Waals surface area contributed by atoms with Crippen LogP contribution in [0.5, 0.6) is 5.75 Å². The highest BCUT2D eigenvalue weighted by Gasteiger charge is 2.20. The number of para-hydroxylation sites is 2. The van der Waals surface area contributed by atoms with Gasteiger partial charge in [-0.1, -0.05) is 63.2 Å². The van der Waals surface area contributed by atoms with Gasteiger partial charge in [-0.15, -0.1) is 0 Å². The van der Waals surface area contributed by atoms with Crippen LogP contribution in [0.1, 0.15) is 67.5 Å². The van der Waals surface area contributed by atoms with E-state index in [4.69, 9.17) is 9.72 Å². The lowest BCUT2D eigenvalue weighted by molar-refractivity contribution is 0.0937. The second kappa shape index (κ2) is 10.3. The number of nitrogens with zero attached hydrogens (tertiary/aromatic N) is 2. The number of hydrogen-bond acceptors (Lipinski definition) is 3. The highest BCUT2D eigenvalue weighted by molar-refractivity contribution is 5.95. The maximum atomic E-state index is 12.9. The molecule has 0 aliphatic heterocycles. The molecule has 1 amide bonds. The van der Waals surface area contributed by atoms with Gasteiger partial charge in [-0.3, -0.25) is 4.79 Å². The van der Waals surface area contributed by atoms with Gasteiger partial charge in [0, 0.05) is 12.1 Å². The molecule has 0 fully saturated rings. The van der Waals surface area contributed by atoms with E-state index in [1.54, 1.807) is 0 Å². The van der Waals surface area contributed by atoms with Crippen LogP contribution in [-0.4, -0.2) is 22.1 Å². The predicted molar refractivity (Wildman–Crippen MR) is 142 cm³/mol. The van der Waals surface area contributed by atoms with E-state index >= 15 is 0 Å². The second-order valence-electron chi connectivity index (χ2n) is 10.1. The smallest absolute Gasteiger partial charge is 0.252 e. The Hall–Kier alpha value is -3.60. The molecule has 0 radical (unpaired) electrons. The van der Waals surface area contributed by atoms with Gasteiger partial charge in [0.15, 0.2) is 0 Å². The quantitative estimate of drug-likeness (QED) is 0.296. The van der Waals surface area contributed by atoms with E-state index in [9.17, 15) is 4.79 Å². The maximum Gasteiger partial charge on any atom is 0.252 e. The molecule has 1 atom stereocenters. The Morgan fingerprint density at radius 1 is 1.00 bits per heavy atom. The Labute approximate surface area is 208 Å². The number of aryl methyl sites for hydroxylation is 2. The lowest BCUT2D eigenvalue weighted by Gasteiger charge is -2.19. The summed E-state index contributed by atoms with van der Waals surface area (Å²) in [6, 6.07) is 23.9. The second-order valence-corrected chi connectivity index (χ2v) is 10.1. The highest BCUT2D eigenvalue weighted by atomic mass is 16.5. The fourth-order valence-corrected chi connectivity index (χ4v) is 4.29. The molecule has 1 unspecified atom stereocenters. The summed E-state index contributed by atoms with van der Waals surface area (Å²) >= 11 is 0. The van der Waals surface area contributed by atoms with Crippen molar-refractivity contribution in [2.24, 2.45) is 0 Å². The van der Waals surface area contributed by atoms with Crippen molar-refractivity contribution >= 4 is 16.9 Å².